The molecule has 0 aliphatic carbocycles. The minimum atomic E-state index is -0.238. The van der Waals surface area contributed by atoms with Crippen LogP contribution in [0.2, 0.25) is 5.02 Å². The van der Waals surface area contributed by atoms with E-state index in [-0.39, 0.29) is 5.82 Å². The molecule has 1 aromatic heterocycles. The Bertz CT molecular complexity index is 675. The summed E-state index contributed by atoms with van der Waals surface area (Å²) >= 11 is 7.48. The summed E-state index contributed by atoms with van der Waals surface area (Å²) in [6.07, 6.45) is 0. The van der Waals surface area contributed by atoms with Gasteiger partial charge in [0, 0.05) is 10.6 Å². The van der Waals surface area contributed by atoms with Crippen LogP contribution in [0, 0.1) is 5.82 Å². The van der Waals surface area contributed by atoms with Gasteiger partial charge in [0.05, 0.1) is 10.2 Å². The van der Waals surface area contributed by atoms with E-state index in [4.69, 9.17) is 11.6 Å². The van der Waals surface area contributed by atoms with Crippen LogP contribution in [0.25, 0.3) is 20.8 Å². The molecule has 0 bridgehead atoms. The molecule has 17 heavy (non-hydrogen) atoms. The maximum absolute atomic E-state index is 12.8. The number of aromatic nitrogens is 1. The van der Waals surface area contributed by atoms with E-state index in [1.165, 1.54) is 12.1 Å². The van der Waals surface area contributed by atoms with Gasteiger partial charge in [-0.05, 0) is 42.5 Å². The lowest BCUT2D eigenvalue weighted by Gasteiger charge is -1.94. The van der Waals surface area contributed by atoms with Gasteiger partial charge in [0.15, 0.2) is 0 Å². The first-order chi connectivity index (χ1) is 8.22. The van der Waals surface area contributed by atoms with Crippen molar-refractivity contribution in [3.63, 3.8) is 0 Å². The first-order valence-electron chi connectivity index (χ1n) is 5.04. The van der Waals surface area contributed by atoms with Crippen LogP contribution in [0.1, 0.15) is 0 Å². The fourth-order valence-corrected chi connectivity index (χ4v) is 2.73. The van der Waals surface area contributed by atoms with Crippen LogP contribution in [0.15, 0.2) is 42.5 Å². The van der Waals surface area contributed by atoms with Crippen LogP contribution in [-0.4, -0.2) is 4.98 Å². The van der Waals surface area contributed by atoms with Crippen molar-refractivity contribution in [2.75, 3.05) is 0 Å². The molecule has 4 heteroatoms. The van der Waals surface area contributed by atoms with Crippen molar-refractivity contribution in [2.24, 2.45) is 0 Å². The Kier molecular flexibility index (Phi) is 2.57. The number of nitrogens with zero attached hydrogens (tertiary/aromatic N) is 1. The molecule has 1 heterocycles. The highest BCUT2D eigenvalue weighted by Gasteiger charge is 2.06. The molecule has 2 aromatic carbocycles. The maximum atomic E-state index is 12.8. The third-order valence-electron chi connectivity index (χ3n) is 2.44. The topological polar surface area (TPSA) is 12.9 Å². The molecule has 0 spiro atoms. The van der Waals surface area contributed by atoms with E-state index in [0.717, 1.165) is 20.8 Å². The van der Waals surface area contributed by atoms with Gasteiger partial charge in [-0.15, -0.1) is 11.3 Å². The first kappa shape index (κ1) is 10.7. The second kappa shape index (κ2) is 4.09. The van der Waals surface area contributed by atoms with E-state index in [1.807, 2.05) is 18.2 Å². The standard InChI is InChI=1S/C13H7ClFNS/c14-9-3-6-12-11(7-9)16-13(17-12)8-1-4-10(15)5-2-8/h1-7H. The Balaban J connectivity index is 2.14. The van der Waals surface area contributed by atoms with Gasteiger partial charge in [-0.3, -0.25) is 0 Å². The van der Waals surface area contributed by atoms with E-state index in [1.54, 1.807) is 23.5 Å². The average molecular weight is 264 g/mol. The van der Waals surface area contributed by atoms with Crippen LogP contribution < -0.4 is 0 Å². The molecule has 0 aliphatic heterocycles. The maximum Gasteiger partial charge on any atom is 0.124 e. The van der Waals surface area contributed by atoms with Crippen molar-refractivity contribution < 1.29 is 4.39 Å². The number of hydrogen-bond acceptors (Lipinski definition) is 2. The molecule has 0 N–H and O–H groups in total. The average Bonchev–Trinajstić information content (AvgIpc) is 2.72. The number of benzene rings is 2. The Morgan fingerprint density at radius 3 is 2.59 bits per heavy atom. The molecule has 0 amide bonds. The lowest BCUT2D eigenvalue weighted by atomic mass is 10.2. The Hall–Kier alpha value is -1.45. The summed E-state index contributed by atoms with van der Waals surface area (Å²) in [6, 6.07) is 12.0. The first-order valence-corrected chi connectivity index (χ1v) is 6.24. The van der Waals surface area contributed by atoms with Gasteiger partial charge in [-0.2, -0.15) is 0 Å². The Morgan fingerprint density at radius 2 is 1.82 bits per heavy atom. The fourth-order valence-electron chi connectivity index (χ4n) is 1.62. The highest BCUT2D eigenvalue weighted by Crippen LogP contribution is 2.31. The normalized spacial score (nSPS) is 10.9. The van der Waals surface area contributed by atoms with Gasteiger partial charge in [-0.25, -0.2) is 9.37 Å². The summed E-state index contributed by atoms with van der Waals surface area (Å²) in [5.74, 6) is -0.238. The van der Waals surface area contributed by atoms with Crippen molar-refractivity contribution in [1.82, 2.24) is 4.98 Å². The monoisotopic (exact) mass is 263 g/mol. The number of rotatable bonds is 1. The van der Waals surface area contributed by atoms with Crippen LogP contribution in [-0.2, 0) is 0 Å². The zero-order chi connectivity index (χ0) is 11.8. The van der Waals surface area contributed by atoms with Gasteiger partial charge in [0.25, 0.3) is 0 Å². The molecule has 0 atom stereocenters. The molecule has 0 saturated carbocycles. The van der Waals surface area contributed by atoms with E-state index < -0.39 is 0 Å². The molecule has 0 radical (unpaired) electrons. The van der Waals surface area contributed by atoms with Crippen LogP contribution in [0.3, 0.4) is 0 Å². The third-order valence-corrected chi connectivity index (χ3v) is 3.76. The minimum absolute atomic E-state index is 0.238. The van der Waals surface area contributed by atoms with Crippen molar-refractivity contribution in [2.45, 2.75) is 0 Å². The lowest BCUT2D eigenvalue weighted by Crippen LogP contribution is -1.77. The summed E-state index contributed by atoms with van der Waals surface area (Å²) in [5, 5.41) is 1.55. The van der Waals surface area contributed by atoms with Crippen molar-refractivity contribution in [3.8, 4) is 10.6 Å². The molecule has 0 saturated heterocycles. The molecule has 1 nitrogen and oxygen atoms in total. The summed E-state index contributed by atoms with van der Waals surface area (Å²) in [4.78, 5) is 4.49. The van der Waals surface area contributed by atoms with E-state index in [2.05, 4.69) is 4.98 Å². The third kappa shape index (κ3) is 2.04. The van der Waals surface area contributed by atoms with Crippen LogP contribution in [0.4, 0.5) is 4.39 Å². The Morgan fingerprint density at radius 1 is 1.06 bits per heavy atom. The molecule has 84 valence electrons. The zero-order valence-electron chi connectivity index (χ0n) is 8.65. The zero-order valence-corrected chi connectivity index (χ0v) is 10.2. The molecular formula is C13H7ClFNS. The highest BCUT2D eigenvalue weighted by atomic mass is 35.5. The molecular weight excluding hydrogens is 257 g/mol. The molecule has 0 aliphatic rings. The van der Waals surface area contributed by atoms with E-state index in [9.17, 15) is 4.39 Å². The second-order valence-corrected chi connectivity index (χ2v) is 5.11. The smallest absolute Gasteiger partial charge is 0.124 e. The molecule has 3 aromatic rings. The predicted molar refractivity (Wildman–Crippen MR) is 70.0 cm³/mol. The molecule has 3 rings (SSSR count). The number of thiazole rings is 1. The molecule has 0 fully saturated rings. The predicted octanol–water partition coefficient (Wildman–Crippen LogP) is 4.76. The van der Waals surface area contributed by atoms with Gasteiger partial charge >= 0.3 is 0 Å². The number of hydrogen-bond donors (Lipinski definition) is 0. The fraction of sp³-hybridized carbons (Fsp3) is 0. The van der Waals surface area contributed by atoms with Crippen LogP contribution in [0.5, 0.6) is 0 Å². The summed E-state index contributed by atoms with van der Waals surface area (Å²) in [5.41, 5.74) is 1.80. The number of fused-ring (bicyclic) bond motifs is 1. The minimum Gasteiger partial charge on any atom is -0.236 e. The molecule has 0 unspecified atom stereocenters. The summed E-state index contributed by atoms with van der Waals surface area (Å²) in [7, 11) is 0. The van der Waals surface area contributed by atoms with Crippen molar-refractivity contribution >= 4 is 33.2 Å². The van der Waals surface area contributed by atoms with E-state index >= 15 is 0 Å². The summed E-state index contributed by atoms with van der Waals surface area (Å²) < 4.78 is 13.9. The van der Waals surface area contributed by atoms with Gasteiger partial charge in [0.2, 0.25) is 0 Å². The lowest BCUT2D eigenvalue weighted by molar-refractivity contribution is 0.628. The summed E-state index contributed by atoms with van der Waals surface area (Å²) in [6.45, 7) is 0. The van der Waals surface area contributed by atoms with Crippen LogP contribution >= 0.6 is 22.9 Å². The van der Waals surface area contributed by atoms with Gasteiger partial charge in [0.1, 0.15) is 10.8 Å². The second-order valence-electron chi connectivity index (χ2n) is 3.64. The van der Waals surface area contributed by atoms with Crippen molar-refractivity contribution in [1.29, 1.82) is 0 Å². The van der Waals surface area contributed by atoms with Crippen molar-refractivity contribution in [3.05, 3.63) is 53.3 Å². The van der Waals surface area contributed by atoms with Gasteiger partial charge in [-0.1, -0.05) is 11.6 Å². The highest BCUT2D eigenvalue weighted by molar-refractivity contribution is 7.21. The quantitative estimate of drug-likeness (QED) is 0.617. The number of halogens is 2. The van der Waals surface area contributed by atoms with Gasteiger partial charge < -0.3 is 0 Å². The SMILES string of the molecule is Fc1ccc(-c2nc3cc(Cl)ccc3s2)cc1. The van der Waals surface area contributed by atoms with E-state index in [0.29, 0.717) is 5.02 Å². The largest absolute Gasteiger partial charge is 0.236 e. The Labute approximate surface area is 106 Å².